The Morgan fingerprint density at radius 3 is 2.73 bits per heavy atom. The van der Waals surface area contributed by atoms with Crippen molar-refractivity contribution in [2.75, 3.05) is 18.5 Å². The smallest absolute Gasteiger partial charge is 0.226 e. The standard InChI is InChI=1S/C20H20N4O.HI/c1-21-20(24-12-11-15-7-5-6-10-18(15)24)22-13-17-14-25-19(23-17)16-8-3-2-4-9-16;/h2-10,14H,11-13H2,1H3,(H,21,22);1H. The van der Waals surface area contributed by atoms with Gasteiger partial charge in [0.1, 0.15) is 6.26 Å². The monoisotopic (exact) mass is 460 g/mol. The van der Waals surface area contributed by atoms with Crippen LogP contribution in [0.2, 0.25) is 0 Å². The van der Waals surface area contributed by atoms with E-state index in [2.05, 4.69) is 44.5 Å². The Bertz CT molecular complexity index is 892. The summed E-state index contributed by atoms with van der Waals surface area (Å²) < 4.78 is 5.59. The van der Waals surface area contributed by atoms with Gasteiger partial charge in [0.05, 0.1) is 12.2 Å². The molecule has 134 valence electrons. The zero-order valence-electron chi connectivity index (χ0n) is 14.6. The number of aliphatic imine (C=N–C) groups is 1. The lowest BCUT2D eigenvalue weighted by Gasteiger charge is -2.21. The molecular weight excluding hydrogens is 439 g/mol. The van der Waals surface area contributed by atoms with Crippen LogP contribution in [-0.4, -0.2) is 24.5 Å². The van der Waals surface area contributed by atoms with Gasteiger partial charge in [0.25, 0.3) is 0 Å². The van der Waals surface area contributed by atoms with E-state index in [-0.39, 0.29) is 24.0 Å². The number of fused-ring (bicyclic) bond motifs is 1. The van der Waals surface area contributed by atoms with E-state index in [1.807, 2.05) is 37.4 Å². The van der Waals surface area contributed by atoms with Gasteiger partial charge in [-0.15, -0.1) is 24.0 Å². The molecule has 0 amide bonds. The summed E-state index contributed by atoms with van der Waals surface area (Å²) >= 11 is 0. The number of hydrogen-bond donors (Lipinski definition) is 1. The molecule has 0 aliphatic carbocycles. The Labute approximate surface area is 170 Å². The van der Waals surface area contributed by atoms with Crippen LogP contribution in [0.25, 0.3) is 11.5 Å². The van der Waals surface area contributed by atoms with Crippen LogP contribution in [-0.2, 0) is 13.0 Å². The minimum atomic E-state index is 0. The third-order valence-corrected chi connectivity index (χ3v) is 4.35. The SMILES string of the molecule is CN=C(NCc1coc(-c2ccccc2)n1)N1CCc2ccccc21.I. The Hall–Kier alpha value is -2.35. The molecule has 0 saturated carbocycles. The van der Waals surface area contributed by atoms with Crippen LogP contribution in [0, 0.1) is 0 Å². The molecule has 0 fully saturated rings. The first kappa shape index (κ1) is 18.4. The van der Waals surface area contributed by atoms with Crippen molar-refractivity contribution in [3.05, 3.63) is 72.1 Å². The van der Waals surface area contributed by atoms with E-state index in [0.717, 1.165) is 30.2 Å². The molecular formula is C20H21IN4O. The van der Waals surface area contributed by atoms with Crippen molar-refractivity contribution >= 4 is 35.6 Å². The molecule has 2 aromatic carbocycles. The highest BCUT2D eigenvalue weighted by Crippen LogP contribution is 2.27. The molecule has 0 unspecified atom stereocenters. The van der Waals surface area contributed by atoms with Gasteiger partial charge in [-0.25, -0.2) is 4.98 Å². The maximum absolute atomic E-state index is 5.59. The molecule has 0 radical (unpaired) electrons. The second-order valence-electron chi connectivity index (χ2n) is 5.94. The average Bonchev–Trinajstić information content (AvgIpc) is 3.31. The number of guanidine groups is 1. The van der Waals surface area contributed by atoms with Gasteiger partial charge in [-0.2, -0.15) is 0 Å². The molecule has 2 heterocycles. The number of para-hydroxylation sites is 1. The van der Waals surface area contributed by atoms with Gasteiger partial charge >= 0.3 is 0 Å². The summed E-state index contributed by atoms with van der Waals surface area (Å²) in [5, 5.41) is 3.39. The lowest BCUT2D eigenvalue weighted by atomic mass is 10.2. The molecule has 26 heavy (non-hydrogen) atoms. The van der Waals surface area contributed by atoms with Crippen molar-refractivity contribution in [1.29, 1.82) is 0 Å². The number of anilines is 1. The number of oxazole rings is 1. The van der Waals surface area contributed by atoms with Gasteiger partial charge in [0.2, 0.25) is 5.89 Å². The summed E-state index contributed by atoms with van der Waals surface area (Å²) in [6.45, 7) is 1.51. The molecule has 0 spiro atoms. The Morgan fingerprint density at radius 2 is 1.92 bits per heavy atom. The second-order valence-corrected chi connectivity index (χ2v) is 5.94. The van der Waals surface area contributed by atoms with Crippen molar-refractivity contribution in [3.8, 4) is 11.5 Å². The van der Waals surface area contributed by atoms with Crippen molar-refractivity contribution in [1.82, 2.24) is 10.3 Å². The number of benzene rings is 2. The average molecular weight is 460 g/mol. The van der Waals surface area contributed by atoms with Crippen LogP contribution in [0.1, 0.15) is 11.3 Å². The normalized spacial score (nSPS) is 13.3. The number of rotatable bonds is 3. The summed E-state index contributed by atoms with van der Waals surface area (Å²) in [5.41, 5.74) is 4.41. The summed E-state index contributed by atoms with van der Waals surface area (Å²) in [7, 11) is 1.81. The van der Waals surface area contributed by atoms with Crippen LogP contribution in [0.4, 0.5) is 5.69 Å². The van der Waals surface area contributed by atoms with Gasteiger partial charge < -0.3 is 14.6 Å². The van der Waals surface area contributed by atoms with Crippen LogP contribution < -0.4 is 10.2 Å². The molecule has 0 atom stereocenters. The summed E-state index contributed by atoms with van der Waals surface area (Å²) in [6.07, 6.45) is 2.74. The fourth-order valence-electron chi connectivity index (χ4n) is 3.12. The number of halogens is 1. The third kappa shape index (κ3) is 3.75. The van der Waals surface area contributed by atoms with E-state index in [9.17, 15) is 0 Å². The van der Waals surface area contributed by atoms with Crippen LogP contribution >= 0.6 is 24.0 Å². The summed E-state index contributed by atoms with van der Waals surface area (Å²) in [4.78, 5) is 11.2. The van der Waals surface area contributed by atoms with E-state index in [0.29, 0.717) is 12.4 Å². The largest absolute Gasteiger partial charge is 0.444 e. The minimum absolute atomic E-state index is 0. The van der Waals surface area contributed by atoms with Crippen molar-refractivity contribution in [2.24, 2.45) is 4.99 Å². The topological polar surface area (TPSA) is 53.7 Å². The lowest BCUT2D eigenvalue weighted by Crippen LogP contribution is -2.40. The zero-order valence-corrected chi connectivity index (χ0v) is 16.9. The number of aromatic nitrogens is 1. The van der Waals surface area contributed by atoms with Gasteiger partial charge in [-0.1, -0.05) is 36.4 Å². The quantitative estimate of drug-likeness (QED) is 0.364. The van der Waals surface area contributed by atoms with Gasteiger partial charge in [0.15, 0.2) is 5.96 Å². The van der Waals surface area contributed by atoms with E-state index in [1.165, 1.54) is 11.3 Å². The summed E-state index contributed by atoms with van der Waals surface area (Å²) in [5.74, 6) is 1.49. The van der Waals surface area contributed by atoms with E-state index < -0.39 is 0 Å². The van der Waals surface area contributed by atoms with Crippen molar-refractivity contribution in [2.45, 2.75) is 13.0 Å². The van der Waals surface area contributed by atoms with Crippen molar-refractivity contribution < 1.29 is 4.42 Å². The van der Waals surface area contributed by atoms with Crippen LogP contribution in [0.15, 0.2) is 70.3 Å². The zero-order chi connectivity index (χ0) is 17.1. The Kier molecular flexibility index (Phi) is 5.92. The molecule has 1 aliphatic rings. The molecule has 1 N–H and O–H groups in total. The highest BCUT2D eigenvalue weighted by molar-refractivity contribution is 14.0. The first-order chi connectivity index (χ1) is 12.3. The molecule has 5 nitrogen and oxygen atoms in total. The van der Waals surface area contributed by atoms with Gasteiger partial charge in [-0.05, 0) is 30.2 Å². The molecule has 1 aromatic heterocycles. The maximum atomic E-state index is 5.59. The molecule has 6 heteroatoms. The molecule has 4 rings (SSSR count). The Balaban J connectivity index is 0.00000196. The number of hydrogen-bond acceptors (Lipinski definition) is 3. The Morgan fingerprint density at radius 1 is 1.15 bits per heavy atom. The highest BCUT2D eigenvalue weighted by Gasteiger charge is 2.22. The van der Waals surface area contributed by atoms with Gasteiger partial charge in [-0.3, -0.25) is 4.99 Å². The first-order valence-corrected chi connectivity index (χ1v) is 8.41. The van der Waals surface area contributed by atoms with Crippen LogP contribution in [0.3, 0.4) is 0 Å². The van der Waals surface area contributed by atoms with E-state index in [4.69, 9.17) is 4.42 Å². The molecule has 1 aliphatic heterocycles. The molecule has 0 bridgehead atoms. The highest BCUT2D eigenvalue weighted by atomic mass is 127. The fourth-order valence-corrected chi connectivity index (χ4v) is 3.12. The molecule has 3 aromatic rings. The van der Waals surface area contributed by atoms with Crippen LogP contribution in [0.5, 0.6) is 0 Å². The second kappa shape index (κ2) is 8.35. The predicted octanol–water partition coefficient (Wildman–Crippen LogP) is 4.10. The fraction of sp³-hybridized carbons (Fsp3) is 0.200. The predicted molar refractivity (Wildman–Crippen MR) is 115 cm³/mol. The number of nitrogens with zero attached hydrogens (tertiary/aromatic N) is 3. The molecule has 0 saturated heterocycles. The van der Waals surface area contributed by atoms with Gasteiger partial charge in [0, 0.05) is 24.8 Å². The number of nitrogens with one attached hydrogen (secondary N) is 1. The lowest BCUT2D eigenvalue weighted by molar-refractivity contribution is 0.572. The van der Waals surface area contributed by atoms with E-state index in [1.54, 1.807) is 6.26 Å². The third-order valence-electron chi connectivity index (χ3n) is 4.35. The van der Waals surface area contributed by atoms with Crippen molar-refractivity contribution in [3.63, 3.8) is 0 Å². The van der Waals surface area contributed by atoms with E-state index >= 15 is 0 Å². The maximum Gasteiger partial charge on any atom is 0.226 e. The first-order valence-electron chi connectivity index (χ1n) is 8.41. The summed E-state index contributed by atoms with van der Waals surface area (Å²) in [6, 6.07) is 18.4. The minimum Gasteiger partial charge on any atom is -0.444 e.